The maximum absolute atomic E-state index is 12.3. The van der Waals surface area contributed by atoms with Crippen molar-refractivity contribution in [3.05, 3.63) is 62.4 Å². The minimum atomic E-state index is -0.0738. The van der Waals surface area contributed by atoms with Crippen LogP contribution >= 0.6 is 0 Å². The normalized spacial score (nSPS) is 16.8. The molecule has 0 N–H and O–H groups in total. The Morgan fingerprint density at radius 2 is 1.77 bits per heavy atom. The lowest BCUT2D eigenvalue weighted by atomic mass is 9.92. The lowest BCUT2D eigenvalue weighted by Crippen LogP contribution is -2.39. The van der Waals surface area contributed by atoms with E-state index in [1.54, 1.807) is 28.4 Å². The number of hydrogen-bond acceptors (Lipinski definition) is 4. The SMILES string of the molecule is Cn1ccc(CN2CCC(n3nc(C(C)(C)C)ccc3=O)CC2)cc1=O. The molecule has 1 aliphatic heterocycles. The standard InChI is InChI=1S/C20H28N4O2/c1-20(2,3)17-5-6-18(25)24(21-17)16-8-11-23(12-9-16)14-15-7-10-22(4)19(26)13-15/h5-7,10,13,16H,8-9,11-12,14H2,1-4H3. The number of nitrogens with zero attached hydrogens (tertiary/aromatic N) is 4. The van der Waals surface area contributed by atoms with E-state index in [9.17, 15) is 9.59 Å². The van der Waals surface area contributed by atoms with Crippen LogP contribution in [0.15, 0.2) is 40.1 Å². The second-order valence-corrected chi connectivity index (χ2v) is 8.24. The first-order valence-corrected chi connectivity index (χ1v) is 9.22. The van der Waals surface area contributed by atoms with Crippen LogP contribution in [0.2, 0.25) is 0 Å². The molecular weight excluding hydrogens is 328 g/mol. The highest BCUT2D eigenvalue weighted by molar-refractivity contribution is 5.12. The van der Waals surface area contributed by atoms with Crippen LogP contribution < -0.4 is 11.1 Å². The highest BCUT2D eigenvalue weighted by Gasteiger charge is 2.24. The molecule has 0 unspecified atom stereocenters. The quantitative estimate of drug-likeness (QED) is 0.845. The second-order valence-electron chi connectivity index (χ2n) is 8.24. The van der Waals surface area contributed by atoms with Gasteiger partial charge in [-0.1, -0.05) is 20.8 Å². The summed E-state index contributed by atoms with van der Waals surface area (Å²) in [5.74, 6) is 0. The number of piperidine rings is 1. The van der Waals surface area contributed by atoms with Gasteiger partial charge < -0.3 is 4.57 Å². The summed E-state index contributed by atoms with van der Waals surface area (Å²) >= 11 is 0. The van der Waals surface area contributed by atoms with Gasteiger partial charge in [0.1, 0.15) is 0 Å². The minimum Gasteiger partial charge on any atom is -0.319 e. The van der Waals surface area contributed by atoms with Crippen molar-refractivity contribution in [1.29, 1.82) is 0 Å². The minimum absolute atomic E-state index is 0.0205. The molecule has 0 atom stereocenters. The Kier molecular flexibility index (Phi) is 5.14. The maximum atomic E-state index is 12.3. The molecule has 3 rings (SSSR count). The first-order chi connectivity index (χ1) is 12.2. The third kappa shape index (κ3) is 4.12. The van der Waals surface area contributed by atoms with Gasteiger partial charge >= 0.3 is 0 Å². The molecule has 6 heteroatoms. The van der Waals surface area contributed by atoms with Gasteiger partial charge in [0.25, 0.3) is 11.1 Å². The number of aryl methyl sites for hydroxylation is 1. The molecule has 2 aromatic rings. The number of hydrogen-bond donors (Lipinski definition) is 0. The van der Waals surface area contributed by atoms with E-state index < -0.39 is 0 Å². The summed E-state index contributed by atoms with van der Waals surface area (Å²) in [7, 11) is 1.76. The van der Waals surface area contributed by atoms with Gasteiger partial charge in [-0.2, -0.15) is 5.10 Å². The van der Waals surface area contributed by atoms with Gasteiger partial charge in [-0.25, -0.2) is 4.68 Å². The smallest absolute Gasteiger partial charge is 0.267 e. The highest BCUT2D eigenvalue weighted by Crippen LogP contribution is 2.23. The lowest BCUT2D eigenvalue weighted by Gasteiger charge is -2.32. The predicted octanol–water partition coefficient (Wildman–Crippen LogP) is 2.08. The average Bonchev–Trinajstić information content (AvgIpc) is 2.58. The zero-order valence-corrected chi connectivity index (χ0v) is 16.1. The molecular formula is C20H28N4O2. The first-order valence-electron chi connectivity index (χ1n) is 9.22. The van der Waals surface area contributed by atoms with Crippen molar-refractivity contribution in [3.63, 3.8) is 0 Å². The number of rotatable bonds is 3. The Balaban J connectivity index is 1.68. The van der Waals surface area contributed by atoms with Crippen LogP contribution in [-0.2, 0) is 19.0 Å². The molecule has 0 amide bonds. The van der Waals surface area contributed by atoms with E-state index in [2.05, 4.69) is 30.8 Å². The molecule has 0 bridgehead atoms. The summed E-state index contributed by atoms with van der Waals surface area (Å²) in [6, 6.07) is 7.31. The molecule has 140 valence electrons. The molecule has 0 aromatic carbocycles. The summed E-state index contributed by atoms with van der Waals surface area (Å²) < 4.78 is 3.26. The number of pyridine rings is 1. The van der Waals surface area contributed by atoms with E-state index in [1.807, 2.05) is 18.3 Å². The van der Waals surface area contributed by atoms with Crippen molar-refractivity contribution in [2.75, 3.05) is 13.1 Å². The van der Waals surface area contributed by atoms with Crippen molar-refractivity contribution in [2.24, 2.45) is 7.05 Å². The fraction of sp³-hybridized carbons (Fsp3) is 0.550. The highest BCUT2D eigenvalue weighted by atomic mass is 16.1. The molecule has 0 radical (unpaired) electrons. The van der Waals surface area contributed by atoms with Gasteiger partial charge in [0.15, 0.2) is 0 Å². The lowest BCUT2D eigenvalue weighted by molar-refractivity contribution is 0.169. The Labute approximate surface area is 154 Å². The molecule has 2 aromatic heterocycles. The third-order valence-corrected chi connectivity index (χ3v) is 5.07. The molecule has 1 saturated heterocycles. The summed E-state index contributed by atoms with van der Waals surface area (Å²) in [5, 5.41) is 4.64. The van der Waals surface area contributed by atoms with E-state index in [-0.39, 0.29) is 22.6 Å². The Morgan fingerprint density at radius 3 is 2.38 bits per heavy atom. The number of likely N-dealkylation sites (tertiary alicyclic amines) is 1. The van der Waals surface area contributed by atoms with Gasteiger partial charge in [0.05, 0.1) is 11.7 Å². The van der Waals surface area contributed by atoms with Crippen LogP contribution in [-0.4, -0.2) is 32.3 Å². The van der Waals surface area contributed by atoms with E-state index in [1.165, 1.54) is 0 Å². The molecule has 0 spiro atoms. The number of aromatic nitrogens is 3. The van der Waals surface area contributed by atoms with E-state index in [0.29, 0.717) is 0 Å². The van der Waals surface area contributed by atoms with Crippen molar-refractivity contribution in [3.8, 4) is 0 Å². The van der Waals surface area contributed by atoms with E-state index >= 15 is 0 Å². The van der Waals surface area contributed by atoms with Crippen molar-refractivity contribution < 1.29 is 0 Å². The van der Waals surface area contributed by atoms with Crippen LogP contribution in [0, 0.1) is 0 Å². The van der Waals surface area contributed by atoms with E-state index in [0.717, 1.165) is 43.7 Å². The Morgan fingerprint density at radius 1 is 1.08 bits per heavy atom. The van der Waals surface area contributed by atoms with Crippen LogP contribution in [0.5, 0.6) is 0 Å². The van der Waals surface area contributed by atoms with Gasteiger partial charge in [0.2, 0.25) is 0 Å². The van der Waals surface area contributed by atoms with Crippen molar-refractivity contribution >= 4 is 0 Å². The molecule has 3 heterocycles. The Bertz CT molecular complexity index is 884. The molecule has 1 aliphatic rings. The van der Waals surface area contributed by atoms with E-state index in [4.69, 9.17) is 0 Å². The average molecular weight is 356 g/mol. The summed E-state index contributed by atoms with van der Waals surface area (Å²) in [6.07, 6.45) is 3.60. The topological polar surface area (TPSA) is 60.1 Å². The maximum Gasteiger partial charge on any atom is 0.267 e. The molecule has 0 saturated carbocycles. The zero-order chi connectivity index (χ0) is 18.9. The summed E-state index contributed by atoms with van der Waals surface area (Å²) in [5.41, 5.74) is 1.90. The van der Waals surface area contributed by atoms with Gasteiger partial charge in [-0.15, -0.1) is 0 Å². The summed E-state index contributed by atoms with van der Waals surface area (Å²) in [6.45, 7) is 8.89. The third-order valence-electron chi connectivity index (χ3n) is 5.07. The van der Waals surface area contributed by atoms with Crippen molar-refractivity contribution in [2.45, 2.75) is 51.6 Å². The molecule has 1 fully saturated rings. The predicted molar refractivity (Wildman–Crippen MR) is 102 cm³/mol. The second kappa shape index (κ2) is 7.19. The fourth-order valence-electron chi connectivity index (χ4n) is 3.35. The molecule has 0 aliphatic carbocycles. The monoisotopic (exact) mass is 356 g/mol. The fourth-order valence-corrected chi connectivity index (χ4v) is 3.35. The van der Waals surface area contributed by atoms with Gasteiger partial charge in [-0.05, 0) is 30.5 Å². The molecule has 6 nitrogen and oxygen atoms in total. The Hall–Kier alpha value is -2.21. The van der Waals surface area contributed by atoms with Crippen LogP contribution in [0.3, 0.4) is 0 Å². The zero-order valence-electron chi connectivity index (χ0n) is 16.1. The van der Waals surface area contributed by atoms with Crippen LogP contribution in [0.4, 0.5) is 0 Å². The first kappa shape index (κ1) is 18.6. The van der Waals surface area contributed by atoms with Gasteiger partial charge in [-0.3, -0.25) is 14.5 Å². The summed E-state index contributed by atoms with van der Waals surface area (Å²) in [4.78, 5) is 26.4. The van der Waals surface area contributed by atoms with Crippen LogP contribution in [0.25, 0.3) is 0 Å². The molecule has 26 heavy (non-hydrogen) atoms. The van der Waals surface area contributed by atoms with Crippen molar-refractivity contribution in [1.82, 2.24) is 19.2 Å². The van der Waals surface area contributed by atoms with Gasteiger partial charge in [0, 0.05) is 50.4 Å². The van der Waals surface area contributed by atoms with Crippen LogP contribution in [0.1, 0.15) is 50.9 Å². The largest absolute Gasteiger partial charge is 0.319 e.